The molecular formula is C15H20ClIN2. The lowest BCUT2D eigenvalue weighted by atomic mass is 10.1. The predicted octanol–water partition coefficient (Wildman–Crippen LogP) is 5.17. The molecule has 0 aliphatic rings. The lowest BCUT2D eigenvalue weighted by molar-refractivity contribution is 0.445. The first-order valence-electron chi connectivity index (χ1n) is 6.93. The Balaban J connectivity index is 2.56. The SMILES string of the molecule is CCCC(CC)n1c(CCCl)nc2cc(I)ccc21. The molecule has 104 valence electrons. The minimum Gasteiger partial charge on any atom is -0.325 e. The summed E-state index contributed by atoms with van der Waals surface area (Å²) in [6.07, 6.45) is 4.37. The van der Waals surface area contributed by atoms with Crippen LogP contribution in [-0.2, 0) is 6.42 Å². The summed E-state index contributed by atoms with van der Waals surface area (Å²) < 4.78 is 3.65. The Labute approximate surface area is 133 Å². The van der Waals surface area contributed by atoms with Crippen molar-refractivity contribution in [1.29, 1.82) is 0 Å². The predicted molar refractivity (Wildman–Crippen MR) is 91.1 cm³/mol. The van der Waals surface area contributed by atoms with E-state index in [4.69, 9.17) is 16.6 Å². The highest BCUT2D eigenvalue weighted by molar-refractivity contribution is 14.1. The average molecular weight is 391 g/mol. The van der Waals surface area contributed by atoms with Gasteiger partial charge in [-0.1, -0.05) is 20.3 Å². The fraction of sp³-hybridized carbons (Fsp3) is 0.533. The van der Waals surface area contributed by atoms with Gasteiger partial charge in [0.25, 0.3) is 0 Å². The molecule has 1 atom stereocenters. The van der Waals surface area contributed by atoms with Crippen LogP contribution in [0.2, 0.25) is 0 Å². The van der Waals surface area contributed by atoms with Gasteiger partial charge in [-0.3, -0.25) is 0 Å². The van der Waals surface area contributed by atoms with E-state index in [-0.39, 0.29) is 0 Å². The standard InChI is InChI=1S/C15H20ClIN2/c1-3-5-12(4-2)19-14-7-6-11(17)10-13(14)18-15(19)8-9-16/h6-7,10,12H,3-5,8-9H2,1-2H3. The normalized spacial score (nSPS) is 13.1. The molecule has 1 heterocycles. The van der Waals surface area contributed by atoms with Crippen molar-refractivity contribution in [3.05, 3.63) is 27.6 Å². The van der Waals surface area contributed by atoms with E-state index in [1.807, 2.05) is 0 Å². The number of imidazole rings is 1. The minimum atomic E-state index is 0.535. The smallest absolute Gasteiger partial charge is 0.111 e. The van der Waals surface area contributed by atoms with Gasteiger partial charge in [0.05, 0.1) is 11.0 Å². The van der Waals surface area contributed by atoms with Crippen LogP contribution in [0.1, 0.15) is 45.0 Å². The van der Waals surface area contributed by atoms with Crippen LogP contribution in [0.15, 0.2) is 18.2 Å². The van der Waals surface area contributed by atoms with Crippen molar-refractivity contribution in [1.82, 2.24) is 9.55 Å². The second kappa shape index (κ2) is 6.93. The number of fused-ring (bicyclic) bond motifs is 1. The van der Waals surface area contributed by atoms with E-state index in [2.05, 4.69) is 59.2 Å². The van der Waals surface area contributed by atoms with E-state index in [1.165, 1.54) is 21.9 Å². The maximum absolute atomic E-state index is 5.94. The molecule has 4 heteroatoms. The Bertz CT molecular complexity index is 550. The molecule has 2 nitrogen and oxygen atoms in total. The maximum atomic E-state index is 5.94. The molecule has 0 spiro atoms. The van der Waals surface area contributed by atoms with Crippen molar-refractivity contribution in [2.24, 2.45) is 0 Å². The van der Waals surface area contributed by atoms with E-state index in [0.717, 1.165) is 24.2 Å². The summed E-state index contributed by atoms with van der Waals surface area (Å²) in [4.78, 5) is 4.79. The monoisotopic (exact) mass is 390 g/mol. The van der Waals surface area contributed by atoms with E-state index < -0.39 is 0 Å². The molecule has 0 aliphatic heterocycles. The van der Waals surface area contributed by atoms with Crippen LogP contribution < -0.4 is 0 Å². The van der Waals surface area contributed by atoms with Crippen molar-refractivity contribution >= 4 is 45.2 Å². The Hall–Kier alpha value is -0.290. The second-order valence-electron chi connectivity index (χ2n) is 4.82. The van der Waals surface area contributed by atoms with E-state index in [0.29, 0.717) is 11.9 Å². The summed E-state index contributed by atoms with van der Waals surface area (Å²) in [5, 5.41) is 0. The van der Waals surface area contributed by atoms with Crippen molar-refractivity contribution < 1.29 is 0 Å². The molecule has 0 aliphatic carbocycles. The van der Waals surface area contributed by atoms with Crippen LogP contribution in [0, 0.1) is 3.57 Å². The molecule has 19 heavy (non-hydrogen) atoms. The Morgan fingerprint density at radius 2 is 2.16 bits per heavy atom. The first-order valence-corrected chi connectivity index (χ1v) is 8.54. The summed E-state index contributed by atoms with van der Waals surface area (Å²) in [7, 11) is 0. The molecule has 0 radical (unpaired) electrons. The lowest BCUT2D eigenvalue weighted by Crippen LogP contribution is -2.12. The molecule has 2 rings (SSSR count). The van der Waals surface area contributed by atoms with Crippen molar-refractivity contribution in [2.45, 2.75) is 45.6 Å². The van der Waals surface area contributed by atoms with Gasteiger partial charge in [0.2, 0.25) is 0 Å². The second-order valence-corrected chi connectivity index (χ2v) is 6.44. The van der Waals surface area contributed by atoms with E-state index >= 15 is 0 Å². The number of alkyl halides is 1. The first kappa shape index (κ1) is 15.1. The summed E-state index contributed by atoms with van der Waals surface area (Å²) in [6, 6.07) is 7.04. The number of aryl methyl sites for hydroxylation is 1. The quantitative estimate of drug-likeness (QED) is 0.491. The van der Waals surface area contributed by atoms with Crippen LogP contribution in [-0.4, -0.2) is 15.4 Å². The van der Waals surface area contributed by atoms with Gasteiger partial charge in [0.15, 0.2) is 0 Å². The largest absolute Gasteiger partial charge is 0.325 e. The molecule has 1 aromatic carbocycles. The van der Waals surface area contributed by atoms with Crippen molar-refractivity contribution in [2.75, 3.05) is 5.88 Å². The van der Waals surface area contributed by atoms with Crippen LogP contribution in [0.4, 0.5) is 0 Å². The van der Waals surface area contributed by atoms with Crippen LogP contribution in [0.5, 0.6) is 0 Å². The number of hydrogen-bond donors (Lipinski definition) is 0. The highest BCUT2D eigenvalue weighted by Crippen LogP contribution is 2.28. The molecule has 0 fully saturated rings. The van der Waals surface area contributed by atoms with E-state index in [9.17, 15) is 0 Å². The summed E-state index contributed by atoms with van der Waals surface area (Å²) in [5.41, 5.74) is 2.35. The Kier molecular flexibility index (Phi) is 5.51. The van der Waals surface area contributed by atoms with Gasteiger partial charge in [-0.25, -0.2) is 4.98 Å². The Morgan fingerprint density at radius 1 is 1.37 bits per heavy atom. The van der Waals surface area contributed by atoms with Gasteiger partial charge < -0.3 is 4.57 Å². The first-order chi connectivity index (χ1) is 9.21. The fourth-order valence-electron chi connectivity index (χ4n) is 2.64. The van der Waals surface area contributed by atoms with Gasteiger partial charge in [0.1, 0.15) is 5.82 Å². The van der Waals surface area contributed by atoms with Crippen molar-refractivity contribution in [3.8, 4) is 0 Å². The number of benzene rings is 1. The number of rotatable bonds is 6. The van der Waals surface area contributed by atoms with Crippen LogP contribution in [0.25, 0.3) is 11.0 Å². The number of hydrogen-bond acceptors (Lipinski definition) is 1. The molecule has 0 saturated heterocycles. The third-order valence-electron chi connectivity index (χ3n) is 3.50. The third kappa shape index (κ3) is 3.24. The highest BCUT2D eigenvalue weighted by Gasteiger charge is 2.17. The van der Waals surface area contributed by atoms with Gasteiger partial charge in [-0.05, 0) is 53.6 Å². The molecular weight excluding hydrogens is 371 g/mol. The summed E-state index contributed by atoms with van der Waals surface area (Å²) in [5.74, 6) is 1.76. The summed E-state index contributed by atoms with van der Waals surface area (Å²) >= 11 is 8.28. The molecule has 1 unspecified atom stereocenters. The fourth-order valence-corrected chi connectivity index (χ4v) is 3.28. The Morgan fingerprint density at radius 3 is 2.79 bits per heavy atom. The zero-order chi connectivity index (χ0) is 13.8. The van der Waals surface area contributed by atoms with Gasteiger partial charge in [-0.15, -0.1) is 11.6 Å². The minimum absolute atomic E-state index is 0.535. The van der Waals surface area contributed by atoms with Gasteiger partial charge in [0, 0.05) is 21.9 Å². The van der Waals surface area contributed by atoms with Crippen molar-refractivity contribution in [3.63, 3.8) is 0 Å². The highest BCUT2D eigenvalue weighted by atomic mass is 127. The van der Waals surface area contributed by atoms with Gasteiger partial charge >= 0.3 is 0 Å². The molecule has 2 aromatic rings. The van der Waals surface area contributed by atoms with E-state index in [1.54, 1.807) is 0 Å². The topological polar surface area (TPSA) is 17.8 Å². The molecule has 0 saturated carbocycles. The number of nitrogens with zero attached hydrogens (tertiary/aromatic N) is 2. The zero-order valence-electron chi connectivity index (χ0n) is 11.5. The molecule has 0 bridgehead atoms. The zero-order valence-corrected chi connectivity index (χ0v) is 14.4. The maximum Gasteiger partial charge on any atom is 0.111 e. The lowest BCUT2D eigenvalue weighted by Gasteiger charge is -2.19. The van der Waals surface area contributed by atoms with Crippen LogP contribution >= 0.6 is 34.2 Å². The number of aromatic nitrogens is 2. The summed E-state index contributed by atoms with van der Waals surface area (Å²) in [6.45, 7) is 4.50. The van der Waals surface area contributed by atoms with Crippen LogP contribution in [0.3, 0.4) is 0 Å². The molecule has 1 aromatic heterocycles. The third-order valence-corrected chi connectivity index (χ3v) is 4.36. The molecule has 0 N–H and O–H groups in total. The van der Waals surface area contributed by atoms with Gasteiger partial charge in [-0.2, -0.15) is 0 Å². The number of halogens is 2. The average Bonchev–Trinajstić information content (AvgIpc) is 2.73. The molecule has 0 amide bonds.